The lowest BCUT2D eigenvalue weighted by Gasteiger charge is -1.98. The van der Waals surface area contributed by atoms with Crippen LogP contribution >= 0.6 is 0 Å². The largest absolute Gasteiger partial charge is 0.230 e. The highest BCUT2D eigenvalue weighted by Crippen LogP contribution is 2.09. The molecule has 0 radical (unpaired) electrons. The Kier molecular flexibility index (Phi) is 5.04. The molecule has 0 aliphatic rings. The Morgan fingerprint density at radius 3 is 2.42 bits per heavy atom. The minimum atomic E-state index is -1.28. The topological polar surface area (TPSA) is 29.4 Å². The van der Waals surface area contributed by atoms with Crippen molar-refractivity contribution in [1.29, 1.82) is 0 Å². The summed E-state index contributed by atoms with van der Waals surface area (Å²) < 4.78 is 16.0. The average molecular weight is 271 g/mol. The number of rotatable bonds is 5. The zero-order valence-electron chi connectivity index (χ0n) is 11.0. The molecule has 2 aromatic carbocycles. The minimum Gasteiger partial charge on any atom is -0.230 e. The van der Waals surface area contributed by atoms with Gasteiger partial charge in [-0.3, -0.25) is 0 Å². The molecular weight excluding hydrogens is 254 g/mol. The van der Waals surface area contributed by atoms with E-state index in [2.05, 4.69) is 16.5 Å². The maximum Gasteiger partial charge on any atom is 0.172 e. The van der Waals surface area contributed by atoms with Gasteiger partial charge in [-0.2, -0.15) is 4.40 Å². The van der Waals surface area contributed by atoms with Crippen LogP contribution in [0, 0.1) is 6.92 Å². The molecule has 0 saturated carbocycles. The molecule has 0 bridgehead atoms. The summed E-state index contributed by atoms with van der Waals surface area (Å²) in [5.74, 6) is 0. The third-order valence-corrected chi connectivity index (χ3v) is 3.81. The number of hydrogen-bond acceptors (Lipinski definition) is 1. The van der Waals surface area contributed by atoms with Crippen LogP contribution in [0.4, 0.5) is 0 Å². The molecule has 98 valence electrons. The van der Waals surface area contributed by atoms with E-state index in [1.807, 2.05) is 49.4 Å². The summed E-state index contributed by atoms with van der Waals surface area (Å²) in [6.45, 7) is 2.01. The summed E-state index contributed by atoms with van der Waals surface area (Å²) in [4.78, 5) is 0.751. The number of benzene rings is 2. The van der Waals surface area contributed by atoms with Gasteiger partial charge >= 0.3 is 0 Å². The van der Waals surface area contributed by atoms with E-state index in [0.717, 1.165) is 23.3 Å². The minimum absolute atomic E-state index is 0.751. The summed E-state index contributed by atoms with van der Waals surface area (Å²) in [6, 6.07) is 17.9. The van der Waals surface area contributed by atoms with Gasteiger partial charge in [0.15, 0.2) is 11.0 Å². The van der Waals surface area contributed by atoms with E-state index >= 15 is 0 Å². The number of hydrogen-bond donors (Lipinski definition) is 0. The molecule has 0 N–H and O–H groups in total. The second-order valence-corrected chi connectivity index (χ2v) is 5.56. The second-order valence-electron chi connectivity index (χ2n) is 4.37. The molecular formula is C16H17NOS. The monoisotopic (exact) mass is 271 g/mol. The van der Waals surface area contributed by atoms with Crippen molar-refractivity contribution >= 4 is 17.2 Å². The molecule has 0 saturated heterocycles. The van der Waals surface area contributed by atoms with E-state index in [1.165, 1.54) is 5.56 Å². The van der Waals surface area contributed by atoms with E-state index in [1.54, 1.807) is 6.21 Å². The van der Waals surface area contributed by atoms with Gasteiger partial charge in [0.25, 0.3) is 0 Å². The molecule has 0 amide bonds. The van der Waals surface area contributed by atoms with Crippen LogP contribution in [0.15, 0.2) is 63.9 Å². The van der Waals surface area contributed by atoms with Crippen LogP contribution in [0.25, 0.3) is 0 Å². The van der Waals surface area contributed by atoms with Gasteiger partial charge in [0, 0.05) is 6.21 Å². The highest BCUT2D eigenvalue weighted by molar-refractivity contribution is 7.83. The van der Waals surface area contributed by atoms with Gasteiger partial charge in [-0.05, 0) is 37.5 Å². The first kappa shape index (κ1) is 13.7. The molecule has 19 heavy (non-hydrogen) atoms. The molecule has 2 aromatic rings. The highest BCUT2D eigenvalue weighted by atomic mass is 32.2. The molecule has 2 rings (SSSR count). The Balaban J connectivity index is 1.85. The van der Waals surface area contributed by atoms with Crippen molar-refractivity contribution in [3.8, 4) is 0 Å². The second kappa shape index (κ2) is 7.00. The van der Waals surface area contributed by atoms with Gasteiger partial charge < -0.3 is 0 Å². The Morgan fingerprint density at radius 1 is 1.05 bits per heavy atom. The van der Waals surface area contributed by atoms with E-state index in [9.17, 15) is 4.21 Å². The molecule has 0 aliphatic heterocycles. The molecule has 1 atom stereocenters. The normalized spacial score (nSPS) is 12.7. The number of nitrogens with zero attached hydrogens (tertiary/aromatic N) is 1. The van der Waals surface area contributed by atoms with Crippen molar-refractivity contribution in [3.63, 3.8) is 0 Å². The fraction of sp³-hybridized carbons (Fsp3) is 0.188. The first-order chi connectivity index (χ1) is 9.25. The molecule has 0 fully saturated rings. The summed E-state index contributed by atoms with van der Waals surface area (Å²) in [6.07, 6.45) is 3.49. The van der Waals surface area contributed by atoms with Crippen LogP contribution in [-0.4, -0.2) is 10.4 Å². The van der Waals surface area contributed by atoms with Gasteiger partial charge in [-0.25, -0.2) is 4.21 Å². The SMILES string of the molecule is Cc1ccc(S(=O)/N=C/CCc2ccccc2)cc1. The summed E-state index contributed by atoms with van der Waals surface area (Å²) in [5.41, 5.74) is 2.43. The van der Waals surface area contributed by atoms with E-state index in [0.29, 0.717) is 0 Å². The lowest BCUT2D eigenvalue weighted by molar-refractivity contribution is 0.684. The molecule has 0 aliphatic carbocycles. The van der Waals surface area contributed by atoms with Gasteiger partial charge in [0.1, 0.15) is 0 Å². The fourth-order valence-electron chi connectivity index (χ4n) is 1.71. The van der Waals surface area contributed by atoms with E-state index in [-0.39, 0.29) is 0 Å². The summed E-state index contributed by atoms with van der Waals surface area (Å²) in [7, 11) is -1.28. The predicted molar refractivity (Wildman–Crippen MR) is 80.8 cm³/mol. The first-order valence-electron chi connectivity index (χ1n) is 6.31. The Morgan fingerprint density at radius 2 is 1.74 bits per heavy atom. The van der Waals surface area contributed by atoms with Crippen molar-refractivity contribution in [2.75, 3.05) is 0 Å². The zero-order valence-corrected chi connectivity index (χ0v) is 11.8. The maximum absolute atomic E-state index is 11.9. The summed E-state index contributed by atoms with van der Waals surface area (Å²) in [5, 5.41) is 0. The lowest BCUT2D eigenvalue weighted by Crippen LogP contribution is -1.90. The lowest BCUT2D eigenvalue weighted by atomic mass is 10.1. The van der Waals surface area contributed by atoms with Crippen LogP contribution in [0.1, 0.15) is 17.5 Å². The van der Waals surface area contributed by atoms with Crippen molar-refractivity contribution in [2.24, 2.45) is 4.40 Å². The summed E-state index contributed by atoms with van der Waals surface area (Å²) >= 11 is 0. The zero-order chi connectivity index (χ0) is 13.5. The predicted octanol–water partition coefficient (Wildman–Crippen LogP) is 3.72. The average Bonchev–Trinajstić information content (AvgIpc) is 2.45. The van der Waals surface area contributed by atoms with Crippen LogP contribution in [0.2, 0.25) is 0 Å². The highest BCUT2D eigenvalue weighted by Gasteiger charge is 1.99. The smallest absolute Gasteiger partial charge is 0.172 e. The number of aryl methyl sites for hydroxylation is 2. The molecule has 0 aromatic heterocycles. The Hall–Kier alpha value is -1.74. The van der Waals surface area contributed by atoms with Crippen LogP contribution in [-0.2, 0) is 17.4 Å². The Labute approximate surface area is 116 Å². The fourth-order valence-corrected chi connectivity index (χ4v) is 2.44. The van der Waals surface area contributed by atoms with Crippen molar-refractivity contribution in [3.05, 3.63) is 65.7 Å². The third-order valence-electron chi connectivity index (χ3n) is 2.80. The van der Waals surface area contributed by atoms with Crippen molar-refractivity contribution < 1.29 is 4.21 Å². The van der Waals surface area contributed by atoms with Crippen LogP contribution in [0.3, 0.4) is 0 Å². The maximum atomic E-state index is 11.9. The quantitative estimate of drug-likeness (QED) is 0.762. The van der Waals surface area contributed by atoms with E-state index in [4.69, 9.17) is 0 Å². The van der Waals surface area contributed by atoms with Gasteiger partial charge in [0.05, 0.1) is 4.90 Å². The van der Waals surface area contributed by atoms with Gasteiger partial charge in [-0.15, -0.1) is 0 Å². The van der Waals surface area contributed by atoms with E-state index < -0.39 is 11.0 Å². The Bertz CT molecular complexity index is 561. The molecule has 1 unspecified atom stereocenters. The van der Waals surface area contributed by atoms with Gasteiger partial charge in [0.2, 0.25) is 0 Å². The standard InChI is InChI=1S/C16H17NOS/c1-14-9-11-16(12-10-14)19(18)17-13-5-8-15-6-3-2-4-7-15/h2-4,6-7,9-13H,5,8H2,1H3/b17-13+. The molecule has 0 heterocycles. The molecule has 3 heteroatoms. The molecule has 2 nitrogen and oxygen atoms in total. The van der Waals surface area contributed by atoms with Crippen molar-refractivity contribution in [1.82, 2.24) is 0 Å². The third kappa shape index (κ3) is 4.45. The van der Waals surface area contributed by atoms with Crippen molar-refractivity contribution in [2.45, 2.75) is 24.7 Å². The molecule has 0 spiro atoms. The van der Waals surface area contributed by atoms with Gasteiger partial charge in [-0.1, -0.05) is 48.0 Å². The first-order valence-corrected chi connectivity index (χ1v) is 7.41. The van der Waals surface area contributed by atoms with Crippen LogP contribution in [0.5, 0.6) is 0 Å². The van der Waals surface area contributed by atoms with Crippen LogP contribution < -0.4 is 0 Å².